The Labute approximate surface area is 160 Å². The Bertz CT molecular complexity index is 793. The topological polar surface area (TPSA) is 96.2 Å². The van der Waals surface area contributed by atoms with Gasteiger partial charge >= 0.3 is 6.03 Å². The maximum atomic E-state index is 13.5. The first-order valence-electron chi connectivity index (χ1n) is 8.01. The third-order valence-electron chi connectivity index (χ3n) is 3.94. The Kier molecular flexibility index (Phi) is 6.96. The number of piperidine rings is 1. The summed E-state index contributed by atoms with van der Waals surface area (Å²) in [5.74, 6) is -0.639. The van der Waals surface area contributed by atoms with Gasteiger partial charge in [-0.1, -0.05) is 12.1 Å². The van der Waals surface area contributed by atoms with Gasteiger partial charge in [-0.2, -0.15) is 0 Å². The van der Waals surface area contributed by atoms with Crippen LogP contribution in [0.2, 0.25) is 0 Å². The molecule has 2 aromatic rings. The standard InChI is InChI=1S/C17H19FN4O2S.ClH/c18-11-4-1-3-10(7-11)14-8-13(22-17(19)24)15(25-14)16(23)21-12-5-2-6-20-9-12;/h1,3-4,7-8,12,20H,2,5-6,9H2,(H,21,23)(H3,19,22,24);1H/p-1. The normalized spacial score (nSPS) is 16.4. The molecule has 1 unspecified atom stereocenters. The summed E-state index contributed by atoms with van der Waals surface area (Å²) in [4.78, 5) is 24.9. The maximum absolute atomic E-state index is 13.5. The van der Waals surface area contributed by atoms with Crippen molar-refractivity contribution in [2.75, 3.05) is 18.4 Å². The van der Waals surface area contributed by atoms with Crippen molar-refractivity contribution in [1.29, 1.82) is 0 Å². The highest BCUT2D eigenvalue weighted by molar-refractivity contribution is 7.18. The van der Waals surface area contributed by atoms with Crippen molar-refractivity contribution in [1.82, 2.24) is 10.6 Å². The SMILES string of the molecule is NC(=O)Nc1cc(-c2cccc(F)c2)sc1C(=O)NC1CCCNC1.[Cl-]. The monoisotopic (exact) mass is 397 g/mol. The van der Waals surface area contributed by atoms with Crippen molar-refractivity contribution in [2.45, 2.75) is 18.9 Å². The zero-order valence-electron chi connectivity index (χ0n) is 13.9. The molecule has 3 rings (SSSR count). The van der Waals surface area contributed by atoms with E-state index in [2.05, 4.69) is 16.0 Å². The highest BCUT2D eigenvalue weighted by Gasteiger charge is 2.22. The predicted octanol–water partition coefficient (Wildman–Crippen LogP) is -0.469. The van der Waals surface area contributed by atoms with Gasteiger partial charge in [0.25, 0.3) is 5.91 Å². The number of halogens is 2. The molecule has 26 heavy (non-hydrogen) atoms. The molecule has 1 aliphatic rings. The molecule has 0 saturated carbocycles. The number of carbonyl (C=O) groups is 2. The lowest BCUT2D eigenvalue weighted by Crippen LogP contribution is -3.00. The Hall–Kier alpha value is -2.16. The van der Waals surface area contributed by atoms with Gasteiger partial charge in [0.2, 0.25) is 0 Å². The second-order valence-corrected chi connectivity index (χ2v) is 6.92. The number of hydrogen-bond donors (Lipinski definition) is 4. The average molecular weight is 398 g/mol. The molecule has 1 fully saturated rings. The lowest BCUT2D eigenvalue weighted by Gasteiger charge is -2.23. The zero-order valence-corrected chi connectivity index (χ0v) is 15.4. The molecule has 0 aliphatic carbocycles. The minimum Gasteiger partial charge on any atom is -1.00 e. The van der Waals surface area contributed by atoms with Crippen LogP contribution in [-0.2, 0) is 0 Å². The van der Waals surface area contributed by atoms with E-state index in [0.717, 1.165) is 19.4 Å². The summed E-state index contributed by atoms with van der Waals surface area (Å²) >= 11 is 1.19. The third-order valence-corrected chi connectivity index (χ3v) is 5.12. The van der Waals surface area contributed by atoms with Gasteiger partial charge in [-0.25, -0.2) is 9.18 Å². The minimum atomic E-state index is -0.753. The van der Waals surface area contributed by atoms with E-state index in [0.29, 0.717) is 27.5 Å². The van der Waals surface area contributed by atoms with Crippen molar-refractivity contribution in [3.8, 4) is 10.4 Å². The molecule has 6 nitrogen and oxygen atoms in total. The van der Waals surface area contributed by atoms with Crippen LogP contribution in [-0.4, -0.2) is 31.1 Å². The first-order valence-corrected chi connectivity index (χ1v) is 8.82. The quantitative estimate of drug-likeness (QED) is 0.561. The molecular weight excluding hydrogens is 379 g/mol. The van der Waals surface area contributed by atoms with Crippen LogP contribution in [0, 0.1) is 5.82 Å². The fourth-order valence-electron chi connectivity index (χ4n) is 2.80. The van der Waals surface area contributed by atoms with E-state index in [1.807, 2.05) is 0 Å². The van der Waals surface area contributed by atoms with Gasteiger partial charge in [0.1, 0.15) is 10.7 Å². The van der Waals surface area contributed by atoms with Crippen LogP contribution < -0.4 is 34.1 Å². The summed E-state index contributed by atoms with van der Waals surface area (Å²) in [6, 6.07) is 7.00. The summed E-state index contributed by atoms with van der Waals surface area (Å²) in [5, 5.41) is 8.68. The van der Waals surface area contributed by atoms with E-state index in [9.17, 15) is 14.0 Å². The fourth-order valence-corrected chi connectivity index (χ4v) is 3.81. The van der Waals surface area contributed by atoms with Crippen LogP contribution in [0.4, 0.5) is 14.9 Å². The van der Waals surface area contributed by atoms with E-state index in [-0.39, 0.29) is 30.2 Å². The van der Waals surface area contributed by atoms with Gasteiger partial charge in [0, 0.05) is 17.5 Å². The highest BCUT2D eigenvalue weighted by atomic mass is 35.5. The van der Waals surface area contributed by atoms with Crippen LogP contribution in [0.1, 0.15) is 22.5 Å². The smallest absolute Gasteiger partial charge is 0.316 e. The van der Waals surface area contributed by atoms with Crippen LogP contribution >= 0.6 is 11.3 Å². The molecule has 9 heteroatoms. The van der Waals surface area contributed by atoms with Crippen LogP contribution in [0.5, 0.6) is 0 Å². The number of benzene rings is 1. The molecular formula is C17H19ClFN4O2S-. The van der Waals surface area contributed by atoms with Gasteiger partial charge in [-0.05, 0) is 43.1 Å². The van der Waals surface area contributed by atoms with E-state index in [4.69, 9.17) is 5.73 Å². The van der Waals surface area contributed by atoms with E-state index >= 15 is 0 Å². The van der Waals surface area contributed by atoms with Crippen molar-refractivity contribution in [2.24, 2.45) is 5.73 Å². The number of anilines is 1. The highest BCUT2D eigenvalue weighted by Crippen LogP contribution is 2.35. The van der Waals surface area contributed by atoms with Crippen LogP contribution in [0.3, 0.4) is 0 Å². The second kappa shape index (κ2) is 8.98. The van der Waals surface area contributed by atoms with Crippen molar-refractivity contribution in [3.63, 3.8) is 0 Å². The fraction of sp³-hybridized carbons (Fsp3) is 0.294. The number of nitrogens with one attached hydrogen (secondary N) is 3. The summed E-state index contributed by atoms with van der Waals surface area (Å²) in [6.45, 7) is 1.66. The molecule has 1 aliphatic heterocycles. The zero-order chi connectivity index (χ0) is 17.8. The number of thiophene rings is 1. The van der Waals surface area contributed by atoms with Crippen molar-refractivity contribution < 1.29 is 26.4 Å². The number of hydrogen-bond acceptors (Lipinski definition) is 4. The van der Waals surface area contributed by atoms with Crippen LogP contribution in [0.15, 0.2) is 30.3 Å². The van der Waals surface area contributed by atoms with E-state index in [1.165, 1.54) is 23.5 Å². The molecule has 140 valence electrons. The predicted molar refractivity (Wildman–Crippen MR) is 96.3 cm³/mol. The molecule has 1 aromatic carbocycles. The number of carbonyl (C=O) groups excluding carboxylic acids is 2. The number of nitrogens with two attached hydrogens (primary N) is 1. The number of amides is 3. The lowest BCUT2D eigenvalue weighted by atomic mass is 10.1. The average Bonchev–Trinajstić information content (AvgIpc) is 2.99. The molecule has 0 spiro atoms. The van der Waals surface area contributed by atoms with Gasteiger partial charge < -0.3 is 34.1 Å². The first-order chi connectivity index (χ1) is 12.0. The summed E-state index contributed by atoms with van der Waals surface area (Å²) < 4.78 is 13.5. The maximum Gasteiger partial charge on any atom is 0.316 e. The van der Waals surface area contributed by atoms with Gasteiger partial charge in [0.15, 0.2) is 0 Å². The first kappa shape index (κ1) is 20.2. The summed E-state index contributed by atoms with van der Waals surface area (Å²) in [6.07, 6.45) is 1.90. The molecule has 0 radical (unpaired) electrons. The molecule has 5 N–H and O–H groups in total. The van der Waals surface area contributed by atoms with E-state index in [1.54, 1.807) is 18.2 Å². The minimum absolute atomic E-state index is 0. The second-order valence-electron chi connectivity index (χ2n) is 5.87. The summed E-state index contributed by atoms with van der Waals surface area (Å²) in [7, 11) is 0. The molecule has 0 bridgehead atoms. The largest absolute Gasteiger partial charge is 1.00 e. The Morgan fingerprint density at radius 3 is 2.77 bits per heavy atom. The molecule has 1 aromatic heterocycles. The number of rotatable bonds is 4. The molecule has 2 heterocycles. The van der Waals surface area contributed by atoms with Gasteiger partial charge in [0.05, 0.1) is 5.69 Å². The Morgan fingerprint density at radius 1 is 1.31 bits per heavy atom. The lowest BCUT2D eigenvalue weighted by molar-refractivity contribution is -0.0000177. The van der Waals surface area contributed by atoms with E-state index < -0.39 is 6.03 Å². The number of primary amides is 1. The third kappa shape index (κ3) is 4.94. The molecule has 3 amide bonds. The van der Waals surface area contributed by atoms with Gasteiger partial charge in [-0.3, -0.25) is 4.79 Å². The Balaban J connectivity index is 0.00000243. The molecule has 1 atom stereocenters. The summed E-state index contributed by atoms with van der Waals surface area (Å²) in [5.41, 5.74) is 6.17. The molecule has 1 saturated heterocycles. The van der Waals surface area contributed by atoms with Crippen LogP contribution in [0.25, 0.3) is 10.4 Å². The Morgan fingerprint density at radius 2 is 2.12 bits per heavy atom. The van der Waals surface area contributed by atoms with Crippen molar-refractivity contribution in [3.05, 3.63) is 41.0 Å². The van der Waals surface area contributed by atoms with Crippen molar-refractivity contribution >= 4 is 29.0 Å². The number of urea groups is 1. The van der Waals surface area contributed by atoms with Gasteiger partial charge in [-0.15, -0.1) is 11.3 Å².